The summed E-state index contributed by atoms with van der Waals surface area (Å²) in [5.41, 5.74) is -0.905. The monoisotopic (exact) mass is 293 g/mol. The summed E-state index contributed by atoms with van der Waals surface area (Å²) in [7, 11) is 1.54. The number of hydrogen-bond acceptors (Lipinski definition) is 3. The molecular formula is C11H14F3N3OS. The molecule has 0 aliphatic heterocycles. The summed E-state index contributed by atoms with van der Waals surface area (Å²) >= 11 is 0.904. The zero-order valence-corrected chi connectivity index (χ0v) is 11.3. The van der Waals surface area contributed by atoms with Gasteiger partial charge in [-0.1, -0.05) is 6.92 Å². The Hall–Kier alpha value is -1.31. The van der Waals surface area contributed by atoms with Gasteiger partial charge in [0, 0.05) is 18.5 Å². The summed E-state index contributed by atoms with van der Waals surface area (Å²) < 4.78 is 37.1. The van der Waals surface area contributed by atoms with Crippen molar-refractivity contribution in [2.24, 2.45) is 5.92 Å². The van der Waals surface area contributed by atoms with Crippen molar-refractivity contribution in [2.45, 2.75) is 32.1 Å². The van der Waals surface area contributed by atoms with E-state index in [1.54, 1.807) is 0 Å². The Morgan fingerprint density at radius 2 is 2.26 bits per heavy atom. The number of alkyl halides is 3. The molecule has 1 heterocycles. The average Bonchev–Trinajstić information content (AvgIpc) is 2.78. The average molecular weight is 293 g/mol. The van der Waals surface area contributed by atoms with Crippen molar-refractivity contribution in [1.29, 1.82) is 0 Å². The first-order valence-corrected chi connectivity index (χ1v) is 6.68. The molecule has 1 aromatic rings. The van der Waals surface area contributed by atoms with E-state index in [0.717, 1.165) is 23.1 Å². The largest absolute Gasteiger partial charge is 0.434 e. The highest BCUT2D eigenvalue weighted by molar-refractivity contribution is 7.09. The van der Waals surface area contributed by atoms with Crippen molar-refractivity contribution in [3.63, 3.8) is 0 Å². The van der Waals surface area contributed by atoms with Crippen molar-refractivity contribution in [3.8, 4) is 0 Å². The number of carbonyl (C=O) groups is 1. The van der Waals surface area contributed by atoms with Crippen LogP contribution in [0.25, 0.3) is 0 Å². The molecular weight excluding hydrogens is 279 g/mol. The lowest BCUT2D eigenvalue weighted by Gasteiger charge is -2.16. The van der Waals surface area contributed by atoms with Crippen LogP contribution in [0.2, 0.25) is 0 Å². The fourth-order valence-electron chi connectivity index (χ4n) is 1.58. The van der Waals surface area contributed by atoms with E-state index < -0.39 is 11.9 Å². The number of carbonyl (C=O) groups excluding carboxylic acids is 1. The van der Waals surface area contributed by atoms with Crippen LogP contribution in [-0.2, 0) is 12.7 Å². The molecule has 1 saturated carbocycles. The molecule has 2 amide bonds. The van der Waals surface area contributed by atoms with Gasteiger partial charge in [0.05, 0.1) is 6.54 Å². The molecule has 8 heteroatoms. The van der Waals surface area contributed by atoms with Crippen LogP contribution in [0, 0.1) is 5.92 Å². The quantitative estimate of drug-likeness (QED) is 0.931. The molecule has 19 heavy (non-hydrogen) atoms. The van der Waals surface area contributed by atoms with Crippen LogP contribution >= 0.6 is 11.3 Å². The van der Waals surface area contributed by atoms with Crippen LogP contribution in [-0.4, -0.2) is 29.0 Å². The number of aromatic nitrogens is 1. The summed E-state index contributed by atoms with van der Waals surface area (Å²) in [5.74, 6) is 0.481. The van der Waals surface area contributed by atoms with E-state index in [0.29, 0.717) is 5.92 Å². The number of rotatable bonds is 3. The molecule has 0 saturated heterocycles. The van der Waals surface area contributed by atoms with Gasteiger partial charge in [0.1, 0.15) is 5.01 Å². The van der Waals surface area contributed by atoms with Crippen LogP contribution in [0.3, 0.4) is 0 Å². The number of amides is 2. The number of thiazole rings is 1. The Labute approximate surface area is 112 Å². The third kappa shape index (κ3) is 3.59. The van der Waals surface area contributed by atoms with E-state index in [9.17, 15) is 18.0 Å². The van der Waals surface area contributed by atoms with Crippen LogP contribution in [0.4, 0.5) is 18.0 Å². The summed E-state index contributed by atoms with van der Waals surface area (Å²) in [4.78, 5) is 16.5. The molecule has 106 valence electrons. The molecule has 1 aromatic heterocycles. The van der Waals surface area contributed by atoms with E-state index in [1.165, 1.54) is 11.9 Å². The first-order valence-electron chi connectivity index (χ1n) is 5.80. The number of urea groups is 1. The zero-order valence-electron chi connectivity index (χ0n) is 10.5. The van der Waals surface area contributed by atoms with Gasteiger partial charge in [-0.15, -0.1) is 11.3 Å². The third-order valence-corrected chi connectivity index (χ3v) is 3.81. The highest BCUT2D eigenvalue weighted by atomic mass is 32.1. The second-order valence-electron chi connectivity index (χ2n) is 4.75. The third-order valence-electron chi connectivity index (χ3n) is 2.98. The van der Waals surface area contributed by atoms with Crippen molar-refractivity contribution < 1.29 is 18.0 Å². The second-order valence-corrected chi connectivity index (χ2v) is 5.69. The number of nitrogens with zero attached hydrogens (tertiary/aromatic N) is 2. The van der Waals surface area contributed by atoms with Gasteiger partial charge in [-0.3, -0.25) is 0 Å². The van der Waals surface area contributed by atoms with Crippen LogP contribution in [0.5, 0.6) is 0 Å². The van der Waals surface area contributed by atoms with Crippen LogP contribution in [0.1, 0.15) is 24.0 Å². The van der Waals surface area contributed by atoms with Gasteiger partial charge in [-0.05, 0) is 12.3 Å². The van der Waals surface area contributed by atoms with E-state index in [4.69, 9.17) is 0 Å². The second kappa shape index (κ2) is 4.99. The van der Waals surface area contributed by atoms with Gasteiger partial charge in [-0.2, -0.15) is 13.2 Å². The fourth-order valence-corrected chi connectivity index (χ4v) is 2.43. The maximum Gasteiger partial charge on any atom is 0.434 e. The first-order chi connectivity index (χ1) is 8.77. The lowest BCUT2D eigenvalue weighted by molar-refractivity contribution is -0.140. The minimum atomic E-state index is -4.43. The van der Waals surface area contributed by atoms with Gasteiger partial charge in [0.2, 0.25) is 0 Å². The van der Waals surface area contributed by atoms with E-state index in [1.807, 2.05) is 6.92 Å². The van der Waals surface area contributed by atoms with Crippen molar-refractivity contribution in [1.82, 2.24) is 15.2 Å². The molecule has 1 fully saturated rings. The number of hydrogen-bond donors (Lipinski definition) is 1. The standard InChI is InChI=1S/C11H14F3N3OS/c1-6-3-7(6)15-10(18)17(2)4-9-16-8(5-19-9)11(12,13)14/h5-7H,3-4H2,1-2H3,(H,15,18)/t6-,7-/m0/s1. The van der Waals surface area contributed by atoms with E-state index in [2.05, 4.69) is 10.3 Å². The highest BCUT2D eigenvalue weighted by Gasteiger charge is 2.35. The lowest BCUT2D eigenvalue weighted by Crippen LogP contribution is -2.38. The van der Waals surface area contributed by atoms with E-state index in [-0.39, 0.29) is 23.6 Å². The van der Waals surface area contributed by atoms with Gasteiger partial charge < -0.3 is 10.2 Å². The zero-order chi connectivity index (χ0) is 14.2. The molecule has 0 radical (unpaired) electrons. The maximum atomic E-state index is 12.4. The molecule has 2 atom stereocenters. The van der Waals surface area contributed by atoms with Gasteiger partial charge in [0.25, 0.3) is 0 Å². The molecule has 0 bridgehead atoms. The topological polar surface area (TPSA) is 45.2 Å². The molecule has 4 nitrogen and oxygen atoms in total. The normalized spacial score (nSPS) is 22.2. The van der Waals surface area contributed by atoms with E-state index >= 15 is 0 Å². The van der Waals surface area contributed by atoms with Gasteiger partial charge in [-0.25, -0.2) is 9.78 Å². The van der Waals surface area contributed by atoms with Crippen molar-refractivity contribution >= 4 is 17.4 Å². The minimum Gasteiger partial charge on any atom is -0.335 e. The molecule has 1 N–H and O–H groups in total. The Bertz CT molecular complexity index is 474. The Morgan fingerprint density at radius 1 is 1.63 bits per heavy atom. The lowest BCUT2D eigenvalue weighted by atomic mass is 10.5. The van der Waals surface area contributed by atoms with Crippen LogP contribution < -0.4 is 5.32 Å². The molecule has 2 rings (SSSR count). The summed E-state index contributed by atoms with van der Waals surface area (Å²) in [5, 5.41) is 4.04. The molecule has 1 aliphatic rings. The predicted octanol–water partition coefficient (Wildman–Crippen LogP) is 2.71. The van der Waals surface area contributed by atoms with Crippen LogP contribution in [0.15, 0.2) is 5.38 Å². The number of halogens is 3. The molecule has 0 unspecified atom stereocenters. The SMILES string of the molecule is C[C@H]1C[C@@H]1NC(=O)N(C)Cc1nc(C(F)(F)F)cs1. The fraction of sp³-hybridized carbons (Fsp3) is 0.636. The summed E-state index contributed by atoms with van der Waals surface area (Å²) in [6, 6.07) is -0.0879. The molecule has 0 spiro atoms. The Balaban J connectivity index is 1.89. The molecule has 0 aromatic carbocycles. The van der Waals surface area contributed by atoms with Crippen molar-refractivity contribution in [3.05, 3.63) is 16.1 Å². The van der Waals surface area contributed by atoms with Crippen molar-refractivity contribution in [2.75, 3.05) is 7.05 Å². The summed E-state index contributed by atoms with van der Waals surface area (Å²) in [6.07, 6.45) is -3.48. The Kier molecular flexibility index (Phi) is 3.71. The Morgan fingerprint density at radius 3 is 2.74 bits per heavy atom. The van der Waals surface area contributed by atoms with Gasteiger partial charge >= 0.3 is 12.2 Å². The maximum absolute atomic E-state index is 12.4. The van der Waals surface area contributed by atoms with Gasteiger partial charge in [0.15, 0.2) is 5.69 Å². The highest BCUT2D eigenvalue weighted by Crippen LogP contribution is 2.31. The first kappa shape index (κ1) is 14.1. The smallest absolute Gasteiger partial charge is 0.335 e. The minimum absolute atomic E-state index is 0.0771. The molecule has 1 aliphatic carbocycles. The predicted molar refractivity (Wildman–Crippen MR) is 64.7 cm³/mol. The number of nitrogens with one attached hydrogen (secondary N) is 1. The summed E-state index contributed by atoms with van der Waals surface area (Å²) in [6.45, 7) is 2.11.